The van der Waals surface area contributed by atoms with Gasteiger partial charge in [0.25, 0.3) is 0 Å². The first kappa shape index (κ1) is 26.1. The molecule has 6 nitrogen and oxygen atoms in total. The lowest BCUT2D eigenvalue weighted by atomic mass is 9.79. The number of esters is 1. The SMILES string of the molecule is CCOc1cc([C@@H]2C(C(=O)OC)=C(C)NC3=C2C(=O)c2ccccc23)c(Br)cc1OCc1ccc(Cl)cc1. The third-order valence-corrected chi connectivity index (χ3v) is 7.57. The molecule has 0 saturated carbocycles. The lowest BCUT2D eigenvalue weighted by Crippen LogP contribution is -2.29. The average molecular weight is 595 g/mol. The normalized spacial score (nSPS) is 16.1. The van der Waals surface area contributed by atoms with E-state index in [1.54, 1.807) is 6.07 Å². The van der Waals surface area contributed by atoms with Crippen LogP contribution in [0.15, 0.2) is 82.0 Å². The van der Waals surface area contributed by atoms with Gasteiger partial charge in [0.15, 0.2) is 17.3 Å². The highest BCUT2D eigenvalue weighted by Gasteiger charge is 2.43. The van der Waals surface area contributed by atoms with Gasteiger partial charge in [0.1, 0.15) is 6.61 Å². The summed E-state index contributed by atoms with van der Waals surface area (Å²) in [4.78, 5) is 26.8. The van der Waals surface area contributed by atoms with E-state index in [4.69, 9.17) is 25.8 Å². The van der Waals surface area contributed by atoms with Gasteiger partial charge in [0, 0.05) is 31.9 Å². The van der Waals surface area contributed by atoms with Crippen molar-refractivity contribution in [1.29, 1.82) is 0 Å². The van der Waals surface area contributed by atoms with Gasteiger partial charge in [-0.05, 0) is 49.2 Å². The van der Waals surface area contributed by atoms with E-state index >= 15 is 0 Å². The monoisotopic (exact) mass is 593 g/mol. The number of hydrogen-bond donors (Lipinski definition) is 1. The van der Waals surface area contributed by atoms with Crippen molar-refractivity contribution in [3.8, 4) is 11.5 Å². The molecule has 2 aliphatic rings. The van der Waals surface area contributed by atoms with Gasteiger partial charge in [-0.3, -0.25) is 4.79 Å². The molecule has 0 fully saturated rings. The molecule has 0 unspecified atom stereocenters. The Bertz CT molecular complexity index is 1510. The van der Waals surface area contributed by atoms with E-state index in [0.29, 0.717) is 67.9 Å². The van der Waals surface area contributed by atoms with Crippen molar-refractivity contribution in [3.05, 3.63) is 109 Å². The maximum Gasteiger partial charge on any atom is 0.336 e. The van der Waals surface area contributed by atoms with E-state index in [-0.39, 0.29) is 5.78 Å². The van der Waals surface area contributed by atoms with Crippen LogP contribution < -0.4 is 14.8 Å². The minimum atomic E-state index is -0.683. The van der Waals surface area contributed by atoms with Gasteiger partial charge in [-0.25, -0.2) is 4.79 Å². The fourth-order valence-electron chi connectivity index (χ4n) is 4.92. The van der Waals surface area contributed by atoms with E-state index in [2.05, 4.69) is 21.2 Å². The predicted octanol–water partition coefficient (Wildman–Crippen LogP) is 6.82. The van der Waals surface area contributed by atoms with Gasteiger partial charge in [0.2, 0.25) is 0 Å². The highest BCUT2D eigenvalue weighted by molar-refractivity contribution is 9.10. The van der Waals surface area contributed by atoms with Crippen LogP contribution in [0.25, 0.3) is 5.70 Å². The molecule has 0 aromatic heterocycles. The smallest absolute Gasteiger partial charge is 0.336 e. The zero-order valence-corrected chi connectivity index (χ0v) is 23.4. The summed E-state index contributed by atoms with van der Waals surface area (Å²) in [5.41, 5.74) is 5.24. The second-order valence-electron chi connectivity index (χ2n) is 8.92. The maximum absolute atomic E-state index is 13.7. The van der Waals surface area contributed by atoms with Crippen LogP contribution in [0.3, 0.4) is 0 Å². The van der Waals surface area contributed by atoms with Gasteiger partial charge >= 0.3 is 5.97 Å². The van der Waals surface area contributed by atoms with Crippen molar-refractivity contribution in [1.82, 2.24) is 5.32 Å². The number of ketones is 1. The van der Waals surface area contributed by atoms with Crippen molar-refractivity contribution in [2.75, 3.05) is 13.7 Å². The molecule has 5 rings (SSSR count). The summed E-state index contributed by atoms with van der Waals surface area (Å²) in [6.07, 6.45) is 0. The molecule has 1 aliphatic heterocycles. The van der Waals surface area contributed by atoms with E-state index in [1.807, 2.05) is 68.4 Å². The molecule has 0 radical (unpaired) electrons. The molecule has 3 aromatic carbocycles. The van der Waals surface area contributed by atoms with E-state index < -0.39 is 11.9 Å². The number of hydrogen-bond acceptors (Lipinski definition) is 6. The van der Waals surface area contributed by atoms with Crippen molar-refractivity contribution in [2.24, 2.45) is 0 Å². The number of benzene rings is 3. The Balaban J connectivity index is 1.61. The zero-order valence-electron chi connectivity index (χ0n) is 21.1. The zero-order chi connectivity index (χ0) is 27.0. The number of Topliss-reactive ketones (excluding diaryl/α,β-unsaturated/α-hetero) is 1. The lowest BCUT2D eigenvalue weighted by Gasteiger charge is -2.30. The Morgan fingerprint density at radius 1 is 1.03 bits per heavy atom. The number of fused-ring (bicyclic) bond motifs is 2. The van der Waals surface area contributed by atoms with Gasteiger partial charge in [-0.15, -0.1) is 0 Å². The molecule has 38 heavy (non-hydrogen) atoms. The fourth-order valence-corrected chi connectivity index (χ4v) is 5.59. The number of allylic oxidation sites excluding steroid dienone is 2. The van der Waals surface area contributed by atoms with Gasteiger partial charge in [-0.1, -0.05) is 63.9 Å². The number of ether oxygens (including phenoxy) is 3. The maximum atomic E-state index is 13.7. The van der Waals surface area contributed by atoms with Crippen molar-refractivity contribution in [3.63, 3.8) is 0 Å². The van der Waals surface area contributed by atoms with E-state index in [0.717, 1.165) is 11.1 Å². The van der Waals surface area contributed by atoms with Crippen molar-refractivity contribution < 1.29 is 23.8 Å². The molecule has 0 spiro atoms. The molecule has 1 heterocycles. The molecule has 1 aliphatic carbocycles. The first-order valence-corrected chi connectivity index (χ1v) is 13.3. The first-order valence-electron chi connectivity index (χ1n) is 12.1. The predicted molar refractivity (Wildman–Crippen MR) is 149 cm³/mol. The number of dihydropyridines is 1. The summed E-state index contributed by atoms with van der Waals surface area (Å²) in [5, 5.41) is 3.95. The van der Waals surface area contributed by atoms with Crippen LogP contribution in [0, 0.1) is 0 Å². The molecular weight excluding hydrogens is 570 g/mol. The molecule has 3 aromatic rings. The second kappa shape index (κ2) is 10.7. The third-order valence-electron chi connectivity index (χ3n) is 6.64. The number of methoxy groups -OCH3 is 1. The van der Waals surface area contributed by atoms with Crippen molar-refractivity contribution >= 4 is 45.0 Å². The highest BCUT2D eigenvalue weighted by atomic mass is 79.9. The topological polar surface area (TPSA) is 73.9 Å². The Kier molecular flexibility index (Phi) is 7.32. The molecule has 1 atom stereocenters. The van der Waals surface area contributed by atoms with Crippen LogP contribution in [0.4, 0.5) is 0 Å². The van der Waals surface area contributed by atoms with E-state index in [9.17, 15) is 9.59 Å². The van der Waals surface area contributed by atoms with Crippen LogP contribution in [0.2, 0.25) is 5.02 Å². The van der Waals surface area contributed by atoms with E-state index in [1.165, 1.54) is 7.11 Å². The number of carbonyl (C=O) groups is 2. The number of rotatable bonds is 7. The molecule has 0 bridgehead atoms. The molecule has 1 N–H and O–H groups in total. The number of nitrogens with one attached hydrogen (secondary N) is 1. The molecular formula is C30H25BrClNO5. The molecule has 0 amide bonds. The Morgan fingerprint density at radius 3 is 2.39 bits per heavy atom. The van der Waals surface area contributed by atoms with Crippen LogP contribution in [0.5, 0.6) is 11.5 Å². The largest absolute Gasteiger partial charge is 0.490 e. The summed E-state index contributed by atoms with van der Waals surface area (Å²) in [5.74, 6) is -0.289. The fraction of sp³-hybridized carbons (Fsp3) is 0.200. The average Bonchev–Trinajstić information content (AvgIpc) is 3.20. The first-order chi connectivity index (χ1) is 18.3. The van der Waals surface area contributed by atoms with Gasteiger partial charge < -0.3 is 19.5 Å². The number of halogens is 2. The van der Waals surface area contributed by atoms with Crippen LogP contribution in [0.1, 0.15) is 46.8 Å². The summed E-state index contributed by atoms with van der Waals surface area (Å²) in [7, 11) is 1.34. The summed E-state index contributed by atoms with van der Waals surface area (Å²) < 4.78 is 17.9. The Labute approximate surface area is 234 Å². The van der Waals surface area contributed by atoms with Gasteiger partial charge in [0.05, 0.1) is 30.9 Å². The minimum absolute atomic E-state index is 0.130. The van der Waals surface area contributed by atoms with Crippen molar-refractivity contribution in [2.45, 2.75) is 26.4 Å². The van der Waals surface area contributed by atoms with Crippen LogP contribution >= 0.6 is 27.5 Å². The second-order valence-corrected chi connectivity index (χ2v) is 10.2. The third kappa shape index (κ3) is 4.61. The Hall–Kier alpha value is -3.55. The van der Waals surface area contributed by atoms with Gasteiger partial charge in [-0.2, -0.15) is 0 Å². The summed E-state index contributed by atoms with van der Waals surface area (Å²) >= 11 is 9.70. The highest BCUT2D eigenvalue weighted by Crippen LogP contribution is 2.50. The Morgan fingerprint density at radius 2 is 1.71 bits per heavy atom. The standard InChI is InChI=1S/C30H25BrClNO5/c1-4-37-23-13-21(22(31)14-24(23)38-15-17-9-11-18(32)12-10-17)26-25(30(35)36-3)16(2)33-28-19-7-5-6-8-20(19)29(34)27(26)28/h5-14,26,33H,4,15H2,1-3H3/t26-/m1/s1. The van der Waals surface area contributed by atoms with Crippen LogP contribution in [-0.2, 0) is 16.1 Å². The molecule has 0 saturated heterocycles. The van der Waals surface area contributed by atoms with Crippen LogP contribution in [-0.4, -0.2) is 25.5 Å². The minimum Gasteiger partial charge on any atom is -0.490 e. The summed E-state index contributed by atoms with van der Waals surface area (Å²) in [6.45, 7) is 4.42. The molecule has 194 valence electrons. The number of carbonyl (C=O) groups excluding carboxylic acids is 2. The quantitative estimate of drug-likeness (QED) is 0.303. The summed E-state index contributed by atoms with van der Waals surface area (Å²) in [6, 6.07) is 18.5. The lowest BCUT2D eigenvalue weighted by molar-refractivity contribution is -0.136. The molecule has 8 heteroatoms.